The van der Waals surface area contributed by atoms with Crippen molar-refractivity contribution in [3.05, 3.63) is 34.3 Å². The first kappa shape index (κ1) is 15.2. The molecule has 2 unspecified atom stereocenters. The summed E-state index contributed by atoms with van der Waals surface area (Å²) in [4.78, 5) is 15.2. The van der Waals surface area contributed by atoms with E-state index in [1.807, 2.05) is 24.3 Å². The number of nitrogens with zero attached hydrogens (tertiary/aromatic N) is 1. The van der Waals surface area contributed by atoms with Crippen LogP contribution in [0.1, 0.15) is 42.5 Å². The maximum Gasteiger partial charge on any atom is 0.166 e. The van der Waals surface area contributed by atoms with Crippen molar-refractivity contribution in [3.8, 4) is 0 Å². The van der Waals surface area contributed by atoms with Gasteiger partial charge in [-0.2, -0.15) is 0 Å². The molecular weight excluding hydrogens is 328 g/mol. The second-order valence-corrected chi connectivity index (χ2v) is 7.07. The fraction of sp³-hybridized carbons (Fsp3) is 0.588. The number of likely N-dealkylation sites (tertiary alicyclic amines) is 1. The standard InChI is InChI=1S/C17H23BrN2O/c18-15-6-4-13(5-7-15)17(21)14-8-9-19-16(12-14)20-10-2-1-3-11-20/h4-7,14,16,19H,1-3,8-12H2. The molecule has 0 aromatic heterocycles. The van der Waals surface area contributed by atoms with Crippen LogP contribution < -0.4 is 5.32 Å². The van der Waals surface area contributed by atoms with Gasteiger partial charge < -0.3 is 5.32 Å². The highest BCUT2D eigenvalue weighted by molar-refractivity contribution is 9.10. The van der Waals surface area contributed by atoms with Crippen LogP contribution in [0.3, 0.4) is 0 Å². The fourth-order valence-electron chi connectivity index (χ4n) is 3.49. The molecule has 2 aliphatic rings. The third-order valence-electron chi connectivity index (χ3n) is 4.71. The molecule has 1 N–H and O–H groups in total. The molecule has 2 aliphatic heterocycles. The van der Waals surface area contributed by atoms with Crippen LogP contribution in [0.5, 0.6) is 0 Å². The molecule has 1 aromatic rings. The van der Waals surface area contributed by atoms with E-state index in [9.17, 15) is 4.79 Å². The monoisotopic (exact) mass is 350 g/mol. The molecular formula is C17H23BrN2O. The van der Waals surface area contributed by atoms with E-state index in [2.05, 4.69) is 26.1 Å². The third kappa shape index (κ3) is 3.74. The molecule has 3 rings (SSSR count). The average Bonchev–Trinajstić information content (AvgIpc) is 2.56. The smallest absolute Gasteiger partial charge is 0.166 e. The number of ketones is 1. The van der Waals surface area contributed by atoms with Crippen LogP contribution in [0, 0.1) is 5.92 Å². The molecule has 0 saturated carbocycles. The molecule has 21 heavy (non-hydrogen) atoms. The highest BCUT2D eigenvalue weighted by atomic mass is 79.9. The minimum atomic E-state index is 0.166. The van der Waals surface area contributed by atoms with Crippen LogP contribution in [0.4, 0.5) is 0 Å². The maximum atomic E-state index is 12.7. The van der Waals surface area contributed by atoms with Crippen molar-refractivity contribution in [3.63, 3.8) is 0 Å². The summed E-state index contributed by atoms with van der Waals surface area (Å²) in [6, 6.07) is 7.78. The zero-order valence-electron chi connectivity index (χ0n) is 12.4. The Morgan fingerprint density at radius 2 is 1.86 bits per heavy atom. The minimum absolute atomic E-state index is 0.166. The molecule has 0 bridgehead atoms. The van der Waals surface area contributed by atoms with E-state index in [-0.39, 0.29) is 5.92 Å². The summed E-state index contributed by atoms with van der Waals surface area (Å²) in [6.45, 7) is 3.31. The summed E-state index contributed by atoms with van der Waals surface area (Å²) in [6.07, 6.45) is 6.24. The number of carbonyl (C=O) groups is 1. The Labute approximate surface area is 135 Å². The highest BCUT2D eigenvalue weighted by Crippen LogP contribution is 2.25. The molecule has 0 spiro atoms. The van der Waals surface area contributed by atoms with Crippen molar-refractivity contribution >= 4 is 21.7 Å². The van der Waals surface area contributed by atoms with Crippen molar-refractivity contribution in [2.75, 3.05) is 19.6 Å². The van der Waals surface area contributed by atoms with Crippen LogP contribution in [-0.4, -0.2) is 36.5 Å². The number of carbonyl (C=O) groups excluding carboxylic acids is 1. The molecule has 1 aromatic carbocycles. The van der Waals surface area contributed by atoms with Gasteiger partial charge in [-0.1, -0.05) is 34.5 Å². The first-order chi connectivity index (χ1) is 10.2. The zero-order valence-corrected chi connectivity index (χ0v) is 13.9. The Balaban J connectivity index is 1.64. The molecule has 114 valence electrons. The van der Waals surface area contributed by atoms with E-state index in [1.54, 1.807) is 0 Å². The lowest BCUT2D eigenvalue weighted by Gasteiger charge is -2.39. The topological polar surface area (TPSA) is 32.3 Å². The molecule has 2 heterocycles. The normalized spacial score (nSPS) is 27.5. The van der Waals surface area contributed by atoms with Crippen LogP contribution in [0.25, 0.3) is 0 Å². The maximum absolute atomic E-state index is 12.7. The third-order valence-corrected chi connectivity index (χ3v) is 5.24. The van der Waals surface area contributed by atoms with Gasteiger partial charge in [-0.25, -0.2) is 0 Å². The number of benzene rings is 1. The van der Waals surface area contributed by atoms with E-state index in [0.717, 1.165) is 29.4 Å². The number of nitrogens with one attached hydrogen (secondary N) is 1. The largest absolute Gasteiger partial charge is 0.302 e. The zero-order chi connectivity index (χ0) is 14.7. The van der Waals surface area contributed by atoms with Crippen molar-refractivity contribution in [2.24, 2.45) is 5.92 Å². The number of halogens is 1. The van der Waals surface area contributed by atoms with Gasteiger partial charge in [0, 0.05) is 16.0 Å². The van der Waals surface area contributed by atoms with E-state index in [0.29, 0.717) is 11.9 Å². The van der Waals surface area contributed by atoms with Gasteiger partial charge in [0.15, 0.2) is 5.78 Å². The molecule has 4 heteroatoms. The van der Waals surface area contributed by atoms with Crippen LogP contribution >= 0.6 is 15.9 Å². The van der Waals surface area contributed by atoms with E-state index in [4.69, 9.17) is 0 Å². The van der Waals surface area contributed by atoms with E-state index < -0.39 is 0 Å². The summed E-state index contributed by atoms with van der Waals surface area (Å²) in [5, 5.41) is 3.60. The number of hydrogen-bond donors (Lipinski definition) is 1. The van der Waals surface area contributed by atoms with Crippen molar-refractivity contribution < 1.29 is 4.79 Å². The van der Waals surface area contributed by atoms with Gasteiger partial charge in [0.05, 0.1) is 6.17 Å². The van der Waals surface area contributed by atoms with Gasteiger partial charge >= 0.3 is 0 Å². The van der Waals surface area contributed by atoms with Gasteiger partial charge in [0.2, 0.25) is 0 Å². The van der Waals surface area contributed by atoms with Crippen molar-refractivity contribution in [1.82, 2.24) is 10.2 Å². The molecule has 0 amide bonds. The lowest BCUT2D eigenvalue weighted by molar-refractivity contribution is 0.0706. The number of Topliss-reactive ketones (excluding diaryl/α,β-unsaturated/α-hetero) is 1. The Bertz CT molecular complexity index is 482. The van der Waals surface area contributed by atoms with Crippen LogP contribution in [-0.2, 0) is 0 Å². The minimum Gasteiger partial charge on any atom is -0.302 e. The van der Waals surface area contributed by atoms with Gasteiger partial charge in [0.1, 0.15) is 0 Å². The molecule has 2 atom stereocenters. The summed E-state index contributed by atoms with van der Waals surface area (Å²) < 4.78 is 1.02. The van der Waals surface area contributed by atoms with Crippen LogP contribution in [0.2, 0.25) is 0 Å². The van der Waals surface area contributed by atoms with Crippen LogP contribution in [0.15, 0.2) is 28.7 Å². The molecule has 0 radical (unpaired) electrons. The van der Waals surface area contributed by atoms with Crippen molar-refractivity contribution in [1.29, 1.82) is 0 Å². The molecule has 2 saturated heterocycles. The molecule has 0 aliphatic carbocycles. The number of piperidine rings is 2. The first-order valence-electron chi connectivity index (χ1n) is 8.01. The van der Waals surface area contributed by atoms with E-state index >= 15 is 0 Å². The second kappa shape index (κ2) is 7.03. The van der Waals surface area contributed by atoms with Gasteiger partial charge in [-0.05, 0) is 57.5 Å². The summed E-state index contributed by atoms with van der Waals surface area (Å²) >= 11 is 3.42. The summed E-state index contributed by atoms with van der Waals surface area (Å²) in [7, 11) is 0. The van der Waals surface area contributed by atoms with Gasteiger partial charge in [-0.3, -0.25) is 9.69 Å². The summed E-state index contributed by atoms with van der Waals surface area (Å²) in [5.74, 6) is 0.477. The Hall–Kier alpha value is -0.710. The van der Waals surface area contributed by atoms with Gasteiger partial charge in [-0.15, -0.1) is 0 Å². The average molecular weight is 351 g/mol. The number of hydrogen-bond acceptors (Lipinski definition) is 3. The van der Waals surface area contributed by atoms with E-state index in [1.165, 1.54) is 32.4 Å². The lowest BCUT2D eigenvalue weighted by Crippen LogP contribution is -2.52. The van der Waals surface area contributed by atoms with Gasteiger partial charge in [0.25, 0.3) is 0 Å². The number of rotatable bonds is 3. The summed E-state index contributed by atoms with van der Waals surface area (Å²) in [5.41, 5.74) is 0.850. The van der Waals surface area contributed by atoms with Crippen molar-refractivity contribution in [2.45, 2.75) is 38.3 Å². The second-order valence-electron chi connectivity index (χ2n) is 6.16. The lowest BCUT2D eigenvalue weighted by atomic mass is 9.87. The Morgan fingerprint density at radius 1 is 1.14 bits per heavy atom. The molecule has 3 nitrogen and oxygen atoms in total. The SMILES string of the molecule is O=C(c1ccc(Br)cc1)C1CCNC(N2CCCCC2)C1. The molecule has 2 fully saturated rings. The predicted octanol–water partition coefficient (Wildman–Crippen LogP) is 3.44. The quantitative estimate of drug-likeness (QED) is 0.847. The fourth-order valence-corrected chi connectivity index (χ4v) is 3.76. The first-order valence-corrected chi connectivity index (χ1v) is 8.80. The highest BCUT2D eigenvalue weighted by Gasteiger charge is 2.31. The predicted molar refractivity (Wildman–Crippen MR) is 88.4 cm³/mol. The Morgan fingerprint density at radius 3 is 2.57 bits per heavy atom. The Kier molecular flexibility index (Phi) is 5.09.